The topological polar surface area (TPSA) is 96.0 Å². The second-order valence-corrected chi connectivity index (χ2v) is 4.31. The normalized spacial score (nSPS) is 16.3. The highest BCUT2D eigenvalue weighted by Crippen LogP contribution is 2.22. The fourth-order valence-corrected chi connectivity index (χ4v) is 1.82. The van der Waals surface area contributed by atoms with Crippen LogP contribution in [0.1, 0.15) is 10.4 Å². The third kappa shape index (κ3) is 2.91. The maximum atomic E-state index is 11.0. The Kier molecular flexibility index (Phi) is 3.69. The van der Waals surface area contributed by atoms with Crippen molar-refractivity contribution in [2.24, 2.45) is 5.73 Å². The van der Waals surface area contributed by atoms with E-state index in [1.54, 1.807) is 6.07 Å². The molecule has 1 aliphatic rings. The quantitative estimate of drug-likeness (QED) is 0.659. The molecule has 0 aliphatic carbocycles. The number of amides is 1. The van der Waals surface area contributed by atoms with Gasteiger partial charge in [-0.15, -0.1) is 0 Å². The van der Waals surface area contributed by atoms with Crippen LogP contribution in [0.5, 0.6) is 11.5 Å². The third-order valence-corrected chi connectivity index (χ3v) is 2.85. The molecule has 0 atom stereocenters. The van der Waals surface area contributed by atoms with Gasteiger partial charge in [-0.25, -0.2) is 0 Å². The van der Waals surface area contributed by atoms with Gasteiger partial charge in [0, 0.05) is 19.6 Å². The molecule has 1 fully saturated rings. The Balaban J connectivity index is 1.85. The molecular weight excluding hydrogens is 236 g/mol. The van der Waals surface area contributed by atoms with E-state index < -0.39 is 5.91 Å². The molecule has 1 saturated heterocycles. The molecule has 1 amide bonds. The van der Waals surface area contributed by atoms with Gasteiger partial charge in [-0.1, -0.05) is 0 Å². The van der Waals surface area contributed by atoms with E-state index >= 15 is 0 Å². The number of ether oxygens (including phenoxy) is 1. The number of aliphatic hydroxyl groups excluding tert-OH is 1. The number of likely N-dealkylation sites (tertiary alicyclic amines) is 1. The molecule has 18 heavy (non-hydrogen) atoms. The fraction of sp³-hybridized carbons (Fsp3) is 0.417. The maximum Gasteiger partial charge on any atom is 0.252 e. The molecule has 0 bridgehead atoms. The number of aromatic hydroxyl groups is 1. The van der Waals surface area contributed by atoms with Crippen LogP contribution in [0.3, 0.4) is 0 Å². The van der Waals surface area contributed by atoms with E-state index in [9.17, 15) is 9.90 Å². The van der Waals surface area contributed by atoms with E-state index in [0.717, 1.165) is 0 Å². The Labute approximate surface area is 105 Å². The Morgan fingerprint density at radius 2 is 2.22 bits per heavy atom. The summed E-state index contributed by atoms with van der Waals surface area (Å²) in [7, 11) is 0. The molecule has 2 rings (SSSR count). The van der Waals surface area contributed by atoms with Gasteiger partial charge in [-0.3, -0.25) is 9.69 Å². The van der Waals surface area contributed by atoms with Crippen molar-refractivity contribution in [3.63, 3.8) is 0 Å². The first-order chi connectivity index (χ1) is 8.56. The van der Waals surface area contributed by atoms with Crippen LogP contribution in [0.15, 0.2) is 18.2 Å². The number of phenols is 1. The largest absolute Gasteiger partial charge is 0.507 e. The number of carbonyl (C=O) groups excluding carboxylic acids is 1. The molecule has 98 valence electrons. The van der Waals surface area contributed by atoms with Gasteiger partial charge in [0.05, 0.1) is 11.7 Å². The molecule has 0 radical (unpaired) electrons. The van der Waals surface area contributed by atoms with Crippen molar-refractivity contribution in [3.8, 4) is 11.5 Å². The average molecular weight is 252 g/mol. The zero-order valence-corrected chi connectivity index (χ0v) is 9.87. The van der Waals surface area contributed by atoms with E-state index in [1.165, 1.54) is 12.1 Å². The van der Waals surface area contributed by atoms with E-state index in [1.807, 2.05) is 0 Å². The van der Waals surface area contributed by atoms with Crippen LogP contribution >= 0.6 is 0 Å². The molecule has 0 saturated carbocycles. The van der Waals surface area contributed by atoms with Crippen LogP contribution in [-0.4, -0.2) is 53.4 Å². The molecule has 1 aromatic carbocycles. The zero-order valence-electron chi connectivity index (χ0n) is 9.87. The summed E-state index contributed by atoms with van der Waals surface area (Å²) in [6.07, 6.45) is -0.222. The average Bonchev–Trinajstić information content (AvgIpc) is 2.28. The van der Waals surface area contributed by atoms with Gasteiger partial charge in [0.2, 0.25) is 0 Å². The molecule has 0 unspecified atom stereocenters. The summed E-state index contributed by atoms with van der Waals surface area (Å²) in [6.45, 7) is 2.51. The minimum absolute atomic E-state index is 0.0480. The predicted octanol–water partition coefficient (Wildman–Crippen LogP) is -0.454. The van der Waals surface area contributed by atoms with Crippen molar-refractivity contribution in [2.45, 2.75) is 6.10 Å². The lowest BCUT2D eigenvalue weighted by Crippen LogP contribution is -2.51. The maximum absolute atomic E-state index is 11.0. The summed E-state index contributed by atoms with van der Waals surface area (Å²) >= 11 is 0. The number of β-amino-alcohol motifs (C(OH)–C–C–N with tert-alkyl or cyclic N) is 1. The first-order valence-electron chi connectivity index (χ1n) is 5.72. The van der Waals surface area contributed by atoms with Crippen molar-refractivity contribution in [2.75, 3.05) is 26.2 Å². The Morgan fingerprint density at radius 1 is 1.50 bits per heavy atom. The van der Waals surface area contributed by atoms with Crippen LogP contribution in [0, 0.1) is 0 Å². The van der Waals surface area contributed by atoms with E-state index in [2.05, 4.69) is 4.90 Å². The van der Waals surface area contributed by atoms with Crippen molar-refractivity contribution in [3.05, 3.63) is 23.8 Å². The Hall–Kier alpha value is -1.79. The lowest BCUT2D eigenvalue weighted by atomic mass is 10.2. The second-order valence-electron chi connectivity index (χ2n) is 4.31. The summed E-state index contributed by atoms with van der Waals surface area (Å²) in [5, 5.41) is 18.5. The van der Waals surface area contributed by atoms with Gasteiger partial charge >= 0.3 is 0 Å². The Bertz CT molecular complexity index is 444. The number of rotatable bonds is 5. The van der Waals surface area contributed by atoms with Crippen LogP contribution in [0.25, 0.3) is 0 Å². The van der Waals surface area contributed by atoms with Gasteiger partial charge in [-0.2, -0.15) is 0 Å². The highest BCUT2D eigenvalue weighted by Gasteiger charge is 2.23. The SMILES string of the molecule is NC(=O)c1cc(OCCN2CC(O)C2)ccc1O. The van der Waals surface area contributed by atoms with E-state index in [4.69, 9.17) is 15.6 Å². The van der Waals surface area contributed by atoms with Crippen molar-refractivity contribution in [1.29, 1.82) is 0 Å². The van der Waals surface area contributed by atoms with Gasteiger partial charge in [-0.05, 0) is 18.2 Å². The van der Waals surface area contributed by atoms with E-state index in [0.29, 0.717) is 32.0 Å². The fourth-order valence-electron chi connectivity index (χ4n) is 1.82. The predicted molar refractivity (Wildman–Crippen MR) is 64.6 cm³/mol. The highest BCUT2D eigenvalue weighted by atomic mass is 16.5. The van der Waals surface area contributed by atoms with Crippen molar-refractivity contribution < 1.29 is 19.7 Å². The lowest BCUT2D eigenvalue weighted by Gasteiger charge is -2.35. The molecule has 1 heterocycles. The molecule has 6 heteroatoms. The van der Waals surface area contributed by atoms with Gasteiger partial charge < -0.3 is 20.7 Å². The second kappa shape index (κ2) is 5.24. The van der Waals surface area contributed by atoms with Crippen LogP contribution < -0.4 is 10.5 Å². The number of nitrogens with zero attached hydrogens (tertiary/aromatic N) is 1. The van der Waals surface area contributed by atoms with Crippen LogP contribution in [-0.2, 0) is 0 Å². The number of nitrogens with two attached hydrogens (primary N) is 1. The summed E-state index contributed by atoms with van der Waals surface area (Å²) < 4.78 is 5.45. The number of benzene rings is 1. The molecule has 1 aromatic rings. The third-order valence-electron chi connectivity index (χ3n) is 2.85. The van der Waals surface area contributed by atoms with Crippen molar-refractivity contribution in [1.82, 2.24) is 4.90 Å². The summed E-state index contributed by atoms with van der Waals surface area (Å²) in [6, 6.07) is 4.37. The summed E-state index contributed by atoms with van der Waals surface area (Å²) in [5.41, 5.74) is 5.16. The number of hydrogen-bond acceptors (Lipinski definition) is 5. The zero-order chi connectivity index (χ0) is 13.1. The highest BCUT2D eigenvalue weighted by molar-refractivity contribution is 5.95. The number of aliphatic hydroxyl groups is 1. The molecule has 4 N–H and O–H groups in total. The van der Waals surface area contributed by atoms with Gasteiger partial charge in [0.1, 0.15) is 18.1 Å². The van der Waals surface area contributed by atoms with E-state index in [-0.39, 0.29) is 17.4 Å². The molecule has 1 aliphatic heterocycles. The smallest absolute Gasteiger partial charge is 0.252 e. The van der Waals surface area contributed by atoms with Gasteiger partial charge in [0.25, 0.3) is 5.91 Å². The standard InChI is InChI=1S/C12H16N2O4/c13-12(17)10-5-9(1-2-11(10)16)18-4-3-14-6-8(15)7-14/h1-2,5,8,15-16H,3-4,6-7H2,(H2,13,17). The van der Waals surface area contributed by atoms with Crippen LogP contribution in [0.4, 0.5) is 0 Å². The lowest BCUT2D eigenvalue weighted by molar-refractivity contribution is -0.00388. The van der Waals surface area contributed by atoms with Gasteiger partial charge in [0.15, 0.2) is 0 Å². The summed E-state index contributed by atoms with van der Waals surface area (Å²) in [5.74, 6) is -0.354. The summed E-state index contributed by atoms with van der Waals surface area (Å²) in [4.78, 5) is 13.1. The van der Waals surface area contributed by atoms with Crippen LogP contribution in [0.2, 0.25) is 0 Å². The first-order valence-corrected chi connectivity index (χ1v) is 5.72. The molecule has 0 aromatic heterocycles. The molecule has 0 spiro atoms. The first kappa shape index (κ1) is 12.7. The molecular formula is C12H16N2O4. The minimum Gasteiger partial charge on any atom is -0.507 e. The number of hydrogen-bond donors (Lipinski definition) is 3. The monoisotopic (exact) mass is 252 g/mol. The number of carbonyl (C=O) groups is 1. The van der Waals surface area contributed by atoms with Crippen molar-refractivity contribution >= 4 is 5.91 Å². The Morgan fingerprint density at radius 3 is 2.83 bits per heavy atom. The number of primary amides is 1. The minimum atomic E-state index is -0.691. The molecule has 6 nitrogen and oxygen atoms in total.